The maximum Gasteiger partial charge on any atom is 0.306 e. The molecule has 0 aromatic carbocycles. The van der Waals surface area contributed by atoms with Crippen LogP contribution in [0.25, 0.3) is 0 Å². The summed E-state index contributed by atoms with van der Waals surface area (Å²) in [5.41, 5.74) is 0. The van der Waals surface area contributed by atoms with Crippen LogP contribution in [0.2, 0.25) is 0 Å². The second-order valence-corrected chi connectivity index (χ2v) is 21.6. The molecular weight excluding hydrogens is 949 g/mol. The maximum atomic E-state index is 12.9. The Balaban J connectivity index is 4.40. The van der Waals surface area contributed by atoms with Crippen LogP contribution in [0.3, 0.4) is 0 Å². The van der Waals surface area contributed by atoms with E-state index in [1.54, 1.807) is 0 Å². The number of unbranched alkanes of at least 4 members (excludes halogenated alkanes) is 32. The molecule has 0 saturated carbocycles. The van der Waals surface area contributed by atoms with E-state index in [1.807, 2.05) is 0 Å². The van der Waals surface area contributed by atoms with Gasteiger partial charge in [0, 0.05) is 19.3 Å². The molecule has 442 valence electrons. The van der Waals surface area contributed by atoms with E-state index in [4.69, 9.17) is 14.2 Å². The zero-order chi connectivity index (χ0) is 55.7. The third-order valence-electron chi connectivity index (χ3n) is 14.1. The summed E-state index contributed by atoms with van der Waals surface area (Å²) in [6.07, 6.45) is 87.0. The molecule has 0 aliphatic carbocycles. The first kappa shape index (κ1) is 73.3. The van der Waals surface area contributed by atoms with Crippen molar-refractivity contribution in [1.29, 1.82) is 0 Å². The van der Waals surface area contributed by atoms with Gasteiger partial charge in [-0.15, -0.1) is 0 Å². The normalized spacial score (nSPS) is 12.7. The molecule has 0 aromatic rings. The lowest BCUT2D eigenvalue weighted by molar-refractivity contribution is -0.167. The minimum atomic E-state index is -0.792. The molecule has 1 atom stereocenters. The highest BCUT2D eigenvalue weighted by molar-refractivity contribution is 5.71. The zero-order valence-electron chi connectivity index (χ0n) is 50.7. The van der Waals surface area contributed by atoms with Crippen LogP contribution in [0.1, 0.15) is 316 Å². The molecule has 1 unspecified atom stereocenters. The maximum absolute atomic E-state index is 12.9. The average Bonchev–Trinajstić information content (AvgIpc) is 3.43. The molecule has 0 rings (SSSR count). The first-order chi connectivity index (χ1) is 38.0. The Bertz CT molecular complexity index is 1510. The van der Waals surface area contributed by atoms with Gasteiger partial charge in [0.25, 0.3) is 0 Å². The van der Waals surface area contributed by atoms with E-state index in [1.165, 1.54) is 148 Å². The van der Waals surface area contributed by atoms with Crippen LogP contribution in [-0.4, -0.2) is 37.2 Å². The van der Waals surface area contributed by atoms with Crippen molar-refractivity contribution in [2.24, 2.45) is 0 Å². The highest BCUT2D eigenvalue weighted by Gasteiger charge is 2.19. The van der Waals surface area contributed by atoms with Gasteiger partial charge >= 0.3 is 17.9 Å². The van der Waals surface area contributed by atoms with Gasteiger partial charge in [-0.05, 0) is 96.3 Å². The molecule has 0 heterocycles. The fourth-order valence-corrected chi connectivity index (χ4v) is 9.25. The minimum Gasteiger partial charge on any atom is -0.462 e. The standard InChI is InChI=1S/C71H122O6/c1-4-7-10-13-16-19-22-25-28-31-33-35-37-40-43-46-49-52-55-58-61-64-70(73)76-67-68(66-75-69(72)63-60-57-54-51-48-45-42-39-30-27-24-21-18-15-12-9-6-3)77-71(74)65-62-59-56-53-50-47-44-41-38-36-34-32-29-26-23-20-17-14-11-8-5-2/h7,9-10,12,16,18-19,21,25,27-28,30,33,35,42,45,68H,4-6,8,11,13-15,17,20,22-24,26,29,31-32,34,36-41,43-44,46-67H2,1-3H3/b10-7-,12-9-,19-16-,21-18-,28-25-,30-27-,35-33-,45-42-. The van der Waals surface area contributed by atoms with E-state index >= 15 is 0 Å². The highest BCUT2D eigenvalue weighted by Crippen LogP contribution is 2.17. The smallest absolute Gasteiger partial charge is 0.306 e. The molecule has 0 bridgehead atoms. The molecule has 0 saturated heterocycles. The van der Waals surface area contributed by atoms with Crippen LogP contribution < -0.4 is 0 Å². The number of ether oxygens (including phenoxy) is 3. The fourth-order valence-electron chi connectivity index (χ4n) is 9.25. The molecule has 0 spiro atoms. The van der Waals surface area contributed by atoms with Gasteiger partial charge in [-0.2, -0.15) is 0 Å². The molecule has 0 radical (unpaired) electrons. The highest BCUT2D eigenvalue weighted by atomic mass is 16.6. The third-order valence-corrected chi connectivity index (χ3v) is 14.1. The molecule has 0 aliphatic heterocycles. The number of carbonyl (C=O) groups excluding carboxylic acids is 3. The van der Waals surface area contributed by atoms with Crippen LogP contribution in [0.4, 0.5) is 0 Å². The molecule has 0 aromatic heterocycles. The number of hydrogen-bond acceptors (Lipinski definition) is 6. The van der Waals surface area contributed by atoms with Gasteiger partial charge in [0.05, 0.1) is 0 Å². The Kier molecular flexibility index (Phi) is 61.8. The van der Waals surface area contributed by atoms with Crippen molar-refractivity contribution in [2.45, 2.75) is 322 Å². The fraction of sp³-hybridized carbons (Fsp3) is 0.732. The van der Waals surface area contributed by atoms with Gasteiger partial charge in [-0.1, -0.05) is 298 Å². The number of carbonyl (C=O) groups is 3. The van der Waals surface area contributed by atoms with Crippen LogP contribution in [0, 0.1) is 0 Å². The van der Waals surface area contributed by atoms with Crippen molar-refractivity contribution in [2.75, 3.05) is 13.2 Å². The van der Waals surface area contributed by atoms with E-state index < -0.39 is 6.10 Å². The van der Waals surface area contributed by atoms with Gasteiger partial charge in [-0.25, -0.2) is 0 Å². The first-order valence-corrected chi connectivity index (χ1v) is 32.7. The largest absolute Gasteiger partial charge is 0.462 e. The Morgan fingerprint density at radius 1 is 0.273 bits per heavy atom. The lowest BCUT2D eigenvalue weighted by Gasteiger charge is -2.18. The molecule has 0 N–H and O–H groups in total. The summed E-state index contributed by atoms with van der Waals surface area (Å²) < 4.78 is 16.9. The first-order valence-electron chi connectivity index (χ1n) is 32.7. The molecule has 0 amide bonds. The summed E-state index contributed by atoms with van der Waals surface area (Å²) in [5, 5.41) is 0. The van der Waals surface area contributed by atoms with Crippen LogP contribution in [0.15, 0.2) is 97.2 Å². The van der Waals surface area contributed by atoms with Gasteiger partial charge in [0.2, 0.25) is 0 Å². The quantitative estimate of drug-likeness (QED) is 0.0261. The van der Waals surface area contributed by atoms with E-state index in [9.17, 15) is 14.4 Å². The second kappa shape index (κ2) is 64.9. The van der Waals surface area contributed by atoms with Gasteiger partial charge in [-0.3, -0.25) is 14.4 Å². The van der Waals surface area contributed by atoms with E-state index in [0.29, 0.717) is 19.3 Å². The minimum absolute atomic E-state index is 0.0879. The Labute approximate surface area is 477 Å². The summed E-state index contributed by atoms with van der Waals surface area (Å²) in [6, 6.07) is 0. The summed E-state index contributed by atoms with van der Waals surface area (Å²) in [4.78, 5) is 38.4. The van der Waals surface area contributed by atoms with Crippen molar-refractivity contribution < 1.29 is 28.6 Å². The van der Waals surface area contributed by atoms with Crippen molar-refractivity contribution in [3.8, 4) is 0 Å². The summed E-state index contributed by atoms with van der Waals surface area (Å²) in [7, 11) is 0. The van der Waals surface area contributed by atoms with Gasteiger partial charge < -0.3 is 14.2 Å². The van der Waals surface area contributed by atoms with Crippen molar-refractivity contribution in [3.05, 3.63) is 97.2 Å². The number of allylic oxidation sites excluding steroid dienone is 16. The Morgan fingerprint density at radius 2 is 0.506 bits per heavy atom. The van der Waals surface area contributed by atoms with Crippen molar-refractivity contribution in [1.82, 2.24) is 0 Å². The molecule has 77 heavy (non-hydrogen) atoms. The van der Waals surface area contributed by atoms with E-state index in [-0.39, 0.29) is 31.1 Å². The van der Waals surface area contributed by atoms with E-state index in [0.717, 1.165) is 128 Å². The number of hydrogen-bond donors (Lipinski definition) is 0. The predicted octanol–water partition coefficient (Wildman–Crippen LogP) is 22.4. The second-order valence-electron chi connectivity index (χ2n) is 21.6. The lowest BCUT2D eigenvalue weighted by atomic mass is 10.0. The lowest BCUT2D eigenvalue weighted by Crippen LogP contribution is -2.30. The van der Waals surface area contributed by atoms with Crippen LogP contribution in [0.5, 0.6) is 0 Å². The van der Waals surface area contributed by atoms with E-state index in [2.05, 4.69) is 118 Å². The van der Waals surface area contributed by atoms with Crippen molar-refractivity contribution >= 4 is 17.9 Å². The van der Waals surface area contributed by atoms with Crippen LogP contribution >= 0.6 is 0 Å². The monoisotopic (exact) mass is 1070 g/mol. The Morgan fingerprint density at radius 3 is 0.792 bits per heavy atom. The SMILES string of the molecule is CC/C=C\C/C=C\C/C=C\C/C=C\CCCCCCCCCCC(=O)OCC(COC(=O)CCCCCC/C=C\C/C=C\C/C=C\C/C=C\CC)OC(=O)CCCCCCCCCCCCCCCCCCCCCCC. The predicted molar refractivity (Wildman–Crippen MR) is 334 cm³/mol. The number of rotatable bonds is 59. The third kappa shape index (κ3) is 63.0. The summed E-state index contributed by atoms with van der Waals surface area (Å²) in [5.74, 6) is -0.905. The molecule has 6 nitrogen and oxygen atoms in total. The zero-order valence-corrected chi connectivity index (χ0v) is 50.7. The molecule has 0 fully saturated rings. The topological polar surface area (TPSA) is 78.9 Å². The van der Waals surface area contributed by atoms with Crippen molar-refractivity contribution in [3.63, 3.8) is 0 Å². The molecular formula is C71H122O6. The summed E-state index contributed by atoms with van der Waals surface area (Å²) in [6.45, 7) is 6.43. The van der Waals surface area contributed by atoms with Gasteiger partial charge in [0.15, 0.2) is 6.10 Å². The average molecular weight is 1070 g/mol. The molecule has 6 heteroatoms. The number of esters is 3. The Hall–Kier alpha value is -3.67. The van der Waals surface area contributed by atoms with Crippen LogP contribution in [-0.2, 0) is 28.6 Å². The van der Waals surface area contributed by atoms with Gasteiger partial charge in [0.1, 0.15) is 13.2 Å². The summed E-state index contributed by atoms with van der Waals surface area (Å²) >= 11 is 0. The molecule has 0 aliphatic rings.